The topological polar surface area (TPSA) is 134 Å². The smallest absolute Gasteiger partial charge is 0.308 e. The highest BCUT2D eigenvalue weighted by atomic mass is 79.9. The fourth-order valence-electron chi connectivity index (χ4n) is 3.61. The van der Waals surface area contributed by atoms with E-state index in [2.05, 4.69) is 31.6 Å². The van der Waals surface area contributed by atoms with Gasteiger partial charge in [-0.25, -0.2) is 23.3 Å². The third-order valence-electron chi connectivity index (χ3n) is 5.21. The molecule has 0 radical (unpaired) electrons. The van der Waals surface area contributed by atoms with Gasteiger partial charge in [-0.05, 0) is 73.2 Å². The van der Waals surface area contributed by atoms with Crippen LogP contribution in [0.5, 0.6) is 0 Å². The van der Waals surface area contributed by atoms with Gasteiger partial charge in [-0.3, -0.25) is 4.79 Å². The number of benzene rings is 3. The number of halogens is 1. The highest BCUT2D eigenvalue weighted by Crippen LogP contribution is 2.33. The Labute approximate surface area is 211 Å². The highest BCUT2D eigenvalue weighted by molar-refractivity contribution is 9.10. The number of urea groups is 1. The van der Waals surface area contributed by atoms with Gasteiger partial charge in [0, 0.05) is 28.0 Å². The van der Waals surface area contributed by atoms with E-state index in [1.54, 1.807) is 29.2 Å². The summed E-state index contributed by atoms with van der Waals surface area (Å²) in [6.45, 7) is 2.62. The monoisotopic (exact) mass is 555 g/mol. The molecule has 3 aromatic carbocycles. The van der Waals surface area contributed by atoms with Crippen molar-refractivity contribution < 1.29 is 18.0 Å². The van der Waals surface area contributed by atoms with Crippen LogP contribution in [0, 0.1) is 0 Å². The van der Waals surface area contributed by atoms with Crippen molar-refractivity contribution in [2.45, 2.75) is 18.2 Å². The van der Waals surface area contributed by atoms with Crippen molar-refractivity contribution >= 4 is 66.4 Å². The van der Waals surface area contributed by atoms with E-state index in [4.69, 9.17) is 5.14 Å². The fourth-order valence-corrected chi connectivity index (χ4v) is 4.49. The number of nitrogens with two attached hydrogens (primary N) is 1. The molecule has 0 atom stereocenters. The molecule has 0 aliphatic carbocycles. The molecular formula is C24H22BrN5O4S. The number of carbonyl (C=O) groups is 2. The lowest BCUT2D eigenvalue weighted by atomic mass is 10.1. The van der Waals surface area contributed by atoms with Crippen LogP contribution in [-0.2, 0) is 14.8 Å². The lowest BCUT2D eigenvalue weighted by molar-refractivity contribution is -0.112. The minimum absolute atomic E-state index is 0.0470. The molecule has 0 spiro atoms. The standard InChI is InChI=1S/C24H22BrN5O4S/c1-2-13-30-21-12-3-15(25)14-20(21)22(23(30)31)27-16-4-6-17(7-5-16)28-24(32)29-18-8-10-19(11-9-18)35(26,33)34/h3-12,14H,2,13H2,1H3,(H2,26,33,34)(H2,28,29,32). The van der Waals surface area contributed by atoms with Crippen LogP contribution in [0.15, 0.2) is 81.1 Å². The van der Waals surface area contributed by atoms with Crippen LogP contribution in [-0.4, -0.2) is 32.6 Å². The van der Waals surface area contributed by atoms with Crippen molar-refractivity contribution in [1.29, 1.82) is 0 Å². The predicted octanol–water partition coefficient (Wildman–Crippen LogP) is 4.62. The van der Waals surface area contributed by atoms with Crippen molar-refractivity contribution in [1.82, 2.24) is 0 Å². The van der Waals surface area contributed by atoms with Gasteiger partial charge < -0.3 is 15.5 Å². The molecule has 0 aromatic heterocycles. The SMILES string of the molecule is CCCN1C(=O)C(=Nc2ccc(NC(=O)Nc3ccc(S(N)(=O)=O)cc3)cc2)c2cc(Br)ccc21. The van der Waals surface area contributed by atoms with Gasteiger partial charge in [0.25, 0.3) is 5.91 Å². The average molecular weight is 556 g/mol. The van der Waals surface area contributed by atoms with Gasteiger partial charge in [0.1, 0.15) is 5.71 Å². The summed E-state index contributed by atoms with van der Waals surface area (Å²) in [6.07, 6.45) is 0.827. The van der Waals surface area contributed by atoms with E-state index < -0.39 is 16.1 Å². The van der Waals surface area contributed by atoms with Gasteiger partial charge in [-0.2, -0.15) is 0 Å². The Kier molecular flexibility index (Phi) is 7.01. The third-order valence-corrected chi connectivity index (χ3v) is 6.63. The largest absolute Gasteiger partial charge is 0.323 e. The van der Waals surface area contributed by atoms with Crippen molar-refractivity contribution in [2.75, 3.05) is 22.1 Å². The molecule has 1 aliphatic heterocycles. The number of nitrogens with zero attached hydrogens (tertiary/aromatic N) is 2. The van der Waals surface area contributed by atoms with E-state index in [0.717, 1.165) is 22.1 Å². The number of carbonyl (C=O) groups excluding carboxylic acids is 2. The molecule has 11 heteroatoms. The lowest BCUT2D eigenvalue weighted by Gasteiger charge is -2.15. The van der Waals surface area contributed by atoms with Crippen LogP contribution in [0.25, 0.3) is 0 Å². The molecule has 3 aromatic rings. The maximum atomic E-state index is 13.0. The van der Waals surface area contributed by atoms with Crippen LogP contribution < -0.4 is 20.7 Å². The molecule has 1 aliphatic rings. The Hall–Kier alpha value is -3.54. The van der Waals surface area contributed by atoms with Crippen molar-refractivity contribution in [3.63, 3.8) is 0 Å². The summed E-state index contributed by atoms with van der Waals surface area (Å²) in [7, 11) is -3.80. The van der Waals surface area contributed by atoms with E-state index in [1.165, 1.54) is 24.3 Å². The van der Waals surface area contributed by atoms with Gasteiger partial charge in [0.15, 0.2) is 0 Å². The van der Waals surface area contributed by atoms with Gasteiger partial charge >= 0.3 is 6.03 Å². The predicted molar refractivity (Wildman–Crippen MR) is 140 cm³/mol. The molecule has 0 bridgehead atoms. The van der Waals surface area contributed by atoms with Crippen molar-refractivity contribution in [3.05, 3.63) is 76.8 Å². The van der Waals surface area contributed by atoms with Gasteiger partial charge in [0.05, 0.1) is 16.3 Å². The van der Waals surface area contributed by atoms with E-state index >= 15 is 0 Å². The number of hydrogen-bond acceptors (Lipinski definition) is 5. The van der Waals surface area contributed by atoms with Crippen LogP contribution in [0.2, 0.25) is 0 Å². The zero-order chi connectivity index (χ0) is 25.2. The molecule has 3 amide bonds. The van der Waals surface area contributed by atoms with Crippen LogP contribution in [0.4, 0.5) is 27.5 Å². The maximum absolute atomic E-state index is 13.0. The lowest BCUT2D eigenvalue weighted by Crippen LogP contribution is -2.30. The quantitative estimate of drug-likeness (QED) is 0.409. The molecular weight excluding hydrogens is 534 g/mol. The Bertz CT molecular complexity index is 1420. The number of anilines is 3. The summed E-state index contributed by atoms with van der Waals surface area (Å²) in [5.74, 6) is -0.144. The molecule has 1 heterocycles. The Morgan fingerprint density at radius 1 is 1.00 bits per heavy atom. The second kappa shape index (κ2) is 9.98. The number of sulfonamides is 1. The number of primary sulfonamides is 1. The first-order valence-corrected chi connectivity index (χ1v) is 13.0. The molecule has 4 rings (SSSR count). The fraction of sp³-hybridized carbons (Fsp3) is 0.125. The molecule has 0 saturated carbocycles. The van der Waals surface area contributed by atoms with Gasteiger partial charge in [0.2, 0.25) is 10.0 Å². The summed E-state index contributed by atoms with van der Waals surface area (Å²) >= 11 is 3.46. The summed E-state index contributed by atoms with van der Waals surface area (Å²) in [5, 5.41) is 10.4. The van der Waals surface area contributed by atoms with Gasteiger partial charge in [-0.1, -0.05) is 22.9 Å². The molecule has 0 saturated heterocycles. The summed E-state index contributed by atoms with van der Waals surface area (Å²) < 4.78 is 23.5. The van der Waals surface area contributed by atoms with Crippen molar-refractivity contribution in [3.8, 4) is 0 Å². The zero-order valence-electron chi connectivity index (χ0n) is 18.7. The molecule has 180 valence electrons. The number of aliphatic imine (C=N–C) groups is 1. The molecule has 4 N–H and O–H groups in total. The van der Waals surface area contributed by atoms with E-state index in [0.29, 0.717) is 29.3 Å². The average Bonchev–Trinajstić information content (AvgIpc) is 3.05. The zero-order valence-corrected chi connectivity index (χ0v) is 21.1. The highest BCUT2D eigenvalue weighted by Gasteiger charge is 2.33. The molecule has 9 nitrogen and oxygen atoms in total. The Morgan fingerprint density at radius 2 is 1.60 bits per heavy atom. The maximum Gasteiger partial charge on any atom is 0.323 e. The van der Waals surface area contributed by atoms with Crippen LogP contribution >= 0.6 is 15.9 Å². The second-order valence-corrected chi connectivity index (χ2v) is 10.3. The summed E-state index contributed by atoms with van der Waals surface area (Å²) in [5.41, 5.74) is 3.47. The number of amides is 3. The van der Waals surface area contributed by atoms with E-state index in [-0.39, 0.29) is 10.8 Å². The first kappa shape index (κ1) is 24.6. The number of nitrogens with one attached hydrogen (secondary N) is 2. The number of fused-ring (bicyclic) bond motifs is 1. The normalized spacial score (nSPS) is 14.2. The third kappa shape index (κ3) is 5.59. The van der Waals surface area contributed by atoms with Crippen LogP contribution in [0.3, 0.4) is 0 Å². The van der Waals surface area contributed by atoms with E-state index in [9.17, 15) is 18.0 Å². The summed E-state index contributed by atoms with van der Waals surface area (Å²) in [4.78, 5) is 31.6. The minimum Gasteiger partial charge on any atom is -0.308 e. The van der Waals surface area contributed by atoms with Crippen molar-refractivity contribution in [2.24, 2.45) is 10.1 Å². The Morgan fingerprint density at radius 3 is 2.17 bits per heavy atom. The molecule has 35 heavy (non-hydrogen) atoms. The number of rotatable bonds is 6. The molecule has 0 fully saturated rings. The first-order chi connectivity index (χ1) is 16.7. The van der Waals surface area contributed by atoms with E-state index in [1.807, 2.05) is 25.1 Å². The summed E-state index contributed by atoms with van der Waals surface area (Å²) in [6, 6.07) is 17.4. The van der Waals surface area contributed by atoms with Crippen LogP contribution in [0.1, 0.15) is 18.9 Å². The Balaban J connectivity index is 1.47. The first-order valence-electron chi connectivity index (χ1n) is 10.7. The molecule has 0 unspecified atom stereocenters. The minimum atomic E-state index is -3.80. The van der Waals surface area contributed by atoms with Gasteiger partial charge in [-0.15, -0.1) is 0 Å². The number of hydrogen-bond donors (Lipinski definition) is 3. The second-order valence-electron chi connectivity index (χ2n) is 7.77.